The molecular formula is C5H13NO2SSe. The van der Waals surface area contributed by atoms with Crippen molar-refractivity contribution in [2.45, 2.75) is 11.1 Å². The number of carboxylic acid groups (broad SMARTS) is 1. The van der Waals surface area contributed by atoms with Gasteiger partial charge in [-0.1, -0.05) is 0 Å². The quantitative estimate of drug-likeness (QED) is 0.711. The third-order valence-corrected chi connectivity index (χ3v) is 6.19. The van der Waals surface area contributed by atoms with Gasteiger partial charge in [-0.25, -0.2) is 0 Å². The molecule has 0 spiro atoms. The maximum atomic E-state index is 10.5. The van der Waals surface area contributed by atoms with E-state index in [1.807, 2.05) is 6.26 Å². The average molecular weight is 230 g/mol. The van der Waals surface area contributed by atoms with Gasteiger partial charge < -0.3 is 0 Å². The van der Waals surface area contributed by atoms with Crippen molar-refractivity contribution in [3.8, 4) is 0 Å². The summed E-state index contributed by atoms with van der Waals surface area (Å²) in [5.41, 5.74) is 0. The van der Waals surface area contributed by atoms with E-state index in [0.717, 1.165) is 5.75 Å². The van der Waals surface area contributed by atoms with Gasteiger partial charge in [0.25, 0.3) is 0 Å². The van der Waals surface area contributed by atoms with Crippen molar-refractivity contribution in [2.24, 2.45) is 4.75 Å². The summed E-state index contributed by atoms with van der Waals surface area (Å²) in [6.45, 7) is 0. The Balaban J connectivity index is 3.75. The van der Waals surface area contributed by atoms with Crippen LogP contribution < -0.4 is 4.75 Å². The summed E-state index contributed by atoms with van der Waals surface area (Å²) in [4.78, 5) is 9.69. The molecule has 3 N–H and O–H groups in total. The Morgan fingerprint density at radius 3 is 2.60 bits per heavy atom. The van der Waals surface area contributed by atoms with Crippen LogP contribution in [0.2, 0.25) is 11.1 Å². The molecule has 0 aromatic heterocycles. The summed E-state index contributed by atoms with van der Waals surface area (Å²) in [6, 6.07) is 0. The van der Waals surface area contributed by atoms with Gasteiger partial charge in [-0.3, -0.25) is 0 Å². The molecular weight excluding hydrogens is 217 g/mol. The van der Waals surface area contributed by atoms with Crippen LogP contribution in [0.15, 0.2) is 0 Å². The summed E-state index contributed by atoms with van der Waals surface area (Å²) in [6.07, 6.45) is 1.95. The fourth-order valence-corrected chi connectivity index (χ4v) is 4.45. The monoisotopic (exact) mass is 231 g/mol. The number of hydrogen-bond donors (Lipinski definition) is 2. The van der Waals surface area contributed by atoms with Crippen LogP contribution in [-0.4, -0.2) is 35.0 Å². The van der Waals surface area contributed by atoms with Crippen LogP contribution in [0, 0.1) is 0 Å². The standard InChI is InChI=1S/C5H13NO2SSe/c1-9-3-4-10(2,6)5(7)8/h3-4,6H2,1-2H3,(H,7,8). The Bertz CT molecular complexity index is 129. The summed E-state index contributed by atoms with van der Waals surface area (Å²) in [7, 11) is 0. The van der Waals surface area contributed by atoms with Crippen molar-refractivity contribution < 1.29 is 9.90 Å². The number of thioether (sulfide) groups is 1. The van der Waals surface area contributed by atoms with E-state index >= 15 is 0 Å². The second kappa shape index (κ2) is 4.23. The number of carbonyl (C=O) groups is 1. The zero-order chi connectivity index (χ0) is 8.20. The molecule has 0 aliphatic carbocycles. The Morgan fingerprint density at radius 1 is 1.80 bits per heavy atom. The van der Waals surface area contributed by atoms with Gasteiger partial charge in [0, 0.05) is 0 Å². The molecule has 0 saturated carbocycles. The fourth-order valence-electron chi connectivity index (χ4n) is 0.344. The van der Waals surface area contributed by atoms with E-state index in [4.69, 9.17) is 9.86 Å². The minimum absolute atomic E-state index is 0.674. The molecule has 0 aliphatic rings. The van der Waals surface area contributed by atoms with Crippen LogP contribution in [0.3, 0.4) is 0 Å². The number of nitrogens with two attached hydrogens (primary N) is 1. The van der Waals surface area contributed by atoms with Gasteiger partial charge in [0.2, 0.25) is 0 Å². The topological polar surface area (TPSA) is 63.3 Å². The van der Waals surface area contributed by atoms with Crippen LogP contribution >= 0.6 is 11.8 Å². The molecule has 0 amide bonds. The van der Waals surface area contributed by atoms with E-state index < -0.39 is 17.9 Å². The average Bonchev–Trinajstić information content (AvgIpc) is 1.84. The number of hydrogen-bond acceptors (Lipinski definition) is 3. The molecule has 62 valence electrons. The second-order valence-electron chi connectivity index (χ2n) is 2.12. The third-order valence-electron chi connectivity index (χ3n) is 1.11. The van der Waals surface area contributed by atoms with Gasteiger partial charge >= 0.3 is 67.5 Å². The first-order valence-electron chi connectivity index (χ1n) is 2.76. The summed E-state index contributed by atoms with van der Waals surface area (Å²) >= 11 is -0.933. The van der Waals surface area contributed by atoms with Crippen molar-refractivity contribution in [3.05, 3.63) is 0 Å². The van der Waals surface area contributed by atoms with Crippen LogP contribution in [0.4, 0.5) is 4.79 Å². The maximum absolute atomic E-state index is 10.5. The van der Waals surface area contributed by atoms with Crippen LogP contribution in [0.1, 0.15) is 0 Å². The molecule has 1 unspecified atom stereocenters. The zero-order valence-electron chi connectivity index (χ0n) is 6.16. The Hall–Kier alpha value is 0.299. The Morgan fingerprint density at radius 2 is 2.30 bits per heavy atom. The molecule has 10 heavy (non-hydrogen) atoms. The van der Waals surface area contributed by atoms with E-state index in [1.165, 1.54) is 0 Å². The molecule has 0 aromatic rings. The van der Waals surface area contributed by atoms with Gasteiger partial charge in [0.1, 0.15) is 0 Å². The van der Waals surface area contributed by atoms with Crippen LogP contribution in [0.5, 0.6) is 0 Å². The molecule has 0 radical (unpaired) electrons. The van der Waals surface area contributed by atoms with Gasteiger partial charge in [0.05, 0.1) is 0 Å². The summed E-state index contributed by atoms with van der Waals surface area (Å²) < 4.78 is 5.59. The van der Waals surface area contributed by atoms with Crippen molar-refractivity contribution >= 4 is 29.7 Å². The molecule has 0 aliphatic heterocycles. The Kier molecular flexibility index (Phi) is 4.36. The SMILES string of the molecule is CSCC[Se](C)(N)C(=O)O. The van der Waals surface area contributed by atoms with E-state index in [0.29, 0.717) is 5.32 Å². The normalized spacial score (nSPS) is 19.5. The third kappa shape index (κ3) is 3.46. The van der Waals surface area contributed by atoms with Gasteiger partial charge in [-0.05, 0) is 0 Å². The van der Waals surface area contributed by atoms with Crippen molar-refractivity contribution in [3.63, 3.8) is 0 Å². The summed E-state index contributed by atoms with van der Waals surface area (Å²) in [5.74, 6) is 2.55. The predicted molar refractivity (Wildman–Crippen MR) is 47.0 cm³/mol. The van der Waals surface area contributed by atoms with E-state index in [-0.39, 0.29) is 0 Å². The molecule has 0 fully saturated rings. The second-order valence-corrected chi connectivity index (χ2v) is 9.55. The molecule has 3 nitrogen and oxygen atoms in total. The predicted octanol–water partition coefficient (Wildman–Crippen LogP) is 1.14. The van der Waals surface area contributed by atoms with E-state index in [9.17, 15) is 4.79 Å². The first kappa shape index (κ1) is 10.3. The Labute approximate surface area is 67.8 Å². The summed E-state index contributed by atoms with van der Waals surface area (Å²) in [5, 5.41) is 9.28. The first-order chi connectivity index (χ1) is 4.50. The molecule has 0 aromatic carbocycles. The van der Waals surface area contributed by atoms with Gasteiger partial charge in [-0.15, -0.1) is 0 Å². The molecule has 0 heterocycles. The van der Waals surface area contributed by atoms with E-state index in [1.54, 1.807) is 17.6 Å². The van der Waals surface area contributed by atoms with Crippen LogP contribution in [-0.2, 0) is 0 Å². The van der Waals surface area contributed by atoms with Crippen LogP contribution in [0.25, 0.3) is 0 Å². The molecule has 5 heteroatoms. The van der Waals surface area contributed by atoms with Crippen molar-refractivity contribution in [2.75, 3.05) is 12.0 Å². The van der Waals surface area contributed by atoms with E-state index in [2.05, 4.69) is 0 Å². The van der Waals surface area contributed by atoms with Crippen molar-refractivity contribution in [1.29, 1.82) is 0 Å². The number of rotatable bonds is 4. The molecule has 0 bridgehead atoms. The van der Waals surface area contributed by atoms with Crippen molar-refractivity contribution in [1.82, 2.24) is 0 Å². The molecule has 1 atom stereocenters. The van der Waals surface area contributed by atoms with Gasteiger partial charge in [-0.2, -0.15) is 0 Å². The molecule has 0 rings (SSSR count). The first-order valence-corrected chi connectivity index (χ1v) is 8.93. The minimum atomic E-state index is -2.57. The fraction of sp³-hybridized carbons (Fsp3) is 0.800. The zero-order valence-corrected chi connectivity index (χ0v) is 8.69. The molecule has 0 saturated heterocycles. The van der Waals surface area contributed by atoms with Gasteiger partial charge in [0.15, 0.2) is 0 Å².